The van der Waals surface area contributed by atoms with Crippen molar-refractivity contribution in [3.8, 4) is 22.9 Å². The third-order valence-electron chi connectivity index (χ3n) is 5.55. The molecule has 0 bridgehead atoms. The van der Waals surface area contributed by atoms with E-state index < -0.39 is 0 Å². The fourth-order valence-electron chi connectivity index (χ4n) is 3.82. The molecule has 0 radical (unpaired) electrons. The van der Waals surface area contributed by atoms with E-state index in [9.17, 15) is 0 Å². The molecule has 1 aliphatic heterocycles. The summed E-state index contributed by atoms with van der Waals surface area (Å²) in [4.78, 5) is 4.67. The second-order valence-corrected chi connectivity index (χ2v) is 7.64. The number of nitrogens with zero attached hydrogens (tertiary/aromatic N) is 2. The number of aromatic nitrogens is 2. The van der Waals surface area contributed by atoms with E-state index in [1.165, 1.54) is 0 Å². The molecule has 0 spiro atoms. The largest absolute Gasteiger partial charge is 0.497 e. The Morgan fingerprint density at radius 2 is 1.81 bits per heavy atom. The van der Waals surface area contributed by atoms with E-state index in [4.69, 9.17) is 14.0 Å². The van der Waals surface area contributed by atoms with Gasteiger partial charge in [-0.25, -0.2) is 5.43 Å². The van der Waals surface area contributed by atoms with E-state index in [1.54, 1.807) is 7.11 Å². The Morgan fingerprint density at radius 3 is 2.62 bits per heavy atom. The van der Waals surface area contributed by atoms with Crippen LogP contribution in [0.3, 0.4) is 0 Å². The summed E-state index contributed by atoms with van der Waals surface area (Å²) in [6, 6.07) is 25.8. The summed E-state index contributed by atoms with van der Waals surface area (Å²) in [6.45, 7) is 1.22. The van der Waals surface area contributed by atoms with Gasteiger partial charge in [-0.05, 0) is 47.5 Å². The molecule has 1 aliphatic rings. The fourth-order valence-corrected chi connectivity index (χ4v) is 3.82. The quantitative estimate of drug-likeness (QED) is 0.455. The molecule has 0 amide bonds. The topological polar surface area (TPSA) is 81.4 Å². The molecule has 1 saturated heterocycles. The molecule has 0 saturated carbocycles. The standard InChI is InChI=1S/C25H24N4O3/c1-30-21-9-5-8-19(14-21)23-22(15-26-28-23)25-27-24(29-32-25)18-10-12-20(13-11-18)31-16-17-6-3-2-4-7-17/h2-14,22-23,26,28H,15-16H2,1H3. The van der Waals surface area contributed by atoms with Crippen LogP contribution in [-0.4, -0.2) is 23.8 Å². The van der Waals surface area contributed by atoms with Crippen molar-refractivity contribution in [3.05, 3.63) is 95.9 Å². The van der Waals surface area contributed by atoms with E-state index in [2.05, 4.69) is 27.1 Å². The van der Waals surface area contributed by atoms with Crippen LogP contribution in [0, 0.1) is 0 Å². The second-order valence-electron chi connectivity index (χ2n) is 7.64. The zero-order valence-electron chi connectivity index (χ0n) is 17.7. The highest BCUT2D eigenvalue weighted by atomic mass is 16.5. The van der Waals surface area contributed by atoms with Crippen LogP contribution in [-0.2, 0) is 6.61 Å². The van der Waals surface area contributed by atoms with E-state index in [1.807, 2.05) is 72.8 Å². The molecule has 5 rings (SSSR count). The van der Waals surface area contributed by atoms with Gasteiger partial charge in [-0.15, -0.1) is 0 Å². The zero-order chi connectivity index (χ0) is 21.8. The molecule has 32 heavy (non-hydrogen) atoms. The van der Waals surface area contributed by atoms with Gasteiger partial charge in [-0.3, -0.25) is 5.43 Å². The average Bonchev–Trinajstić information content (AvgIpc) is 3.54. The van der Waals surface area contributed by atoms with Crippen LogP contribution in [0.5, 0.6) is 11.5 Å². The first-order chi connectivity index (χ1) is 15.8. The van der Waals surface area contributed by atoms with Crippen LogP contribution in [0.2, 0.25) is 0 Å². The molecule has 4 aromatic rings. The highest BCUT2D eigenvalue weighted by molar-refractivity contribution is 5.55. The Morgan fingerprint density at radius 1 is 0.969 bits per heavy atom. The molecule has 1 fully saturated rings. The van der Waals surface area contributed by atoms with Gasteiger partial charge in [0.05, 0.1) is 19.1 Å². The molecule has 2 N–H and O–H groups in total. The fraction of sp³-hybridized carbons (Fsp3) is 0.200. The Kier molecular flexibility index (Phi) is 5.83. The van der Waals surface area contributed by atoms with Crippen molar-refractivity contribution in [1.29, 1.82) is 0 Å². The lowest BCUT2D eigenvalue weighted by molar-refractivity contribution is 0.306. The van der Waals surface area contributed by atoms with E-state index in [-0.39, 0.29) is 12.0 Å². The van der Waals surface area contributed by atoms with E-state index in [0.29, 0.717) is 24.9 Å². The van der Waals surface area contributed by atoms with Gasteiger partial charge >= 0.3 is 0 Å². The number of methoxy groups -OCH3 is 1. The molecule has 7 nitrogen and oxygen atoms in total. The predicted octanol–water partition coefficient (Wildman–Crippen LogP) is 4.26. The molecule has 7 heteroatoms. The van der Waals surface area contributed by atoms with Gasteiger partial charge in [0.1, 0.15) is 18.1 Å². The van der Waals surface area contributed by atoms with Crippen LogP contribution in [0.4, 0.5) is 0 Å². The molecular formula is C25H24N4O3. The molecule has 0 aliphatic carbocycles. The van der Waals surface area contributed by atoms with Crippen LogP contribution in [0.15, 0.2) is 83.4 Å². The Balaban J connectivity index is 1.28. The summed E-state index contributed by atoms with van der Waals surface area (Å²) < 4.78 is 16.9. The Labute approximate surface area is 186 Å². The normalized spacial score (nSPS) is 17.9. The Hall–Kier alpha value is -3.68. The summed E-state index contributed by atoms with van der Waals surface area (Å²) in [7, 11) is 1.67. The minimum atomic E-state index is 0.00663. The summed E-state index contributed by atoms with van der Waals surface area (Å²) in [5.74, 6) is 2.77. The zero-order valence-corrected chi connectivity index (χ0v) is 17.7. The lowest BCUT2D eigenvalue weighted by atomic mass is 9.94. The van der Waals surface area contributed by atoms with Gasteiger partial charge in [0.25, 0.3) is 0 Å². The molecule has 162 valence electrons. The first-order valence-corrected chi connectivity index (χ1v) is 10.5. The van der Waals surface area contributed by atoms with E-state index in [0.717, 1.165) is 28.2 Å². The summed E-state index contributed by atoms with van der Waals surface area (Å²) in [5.41, 5.74) is 9.62. The first kappa shape index (κ1) is 20.2. The second kappa shape index (κ2) is 9.21. The van der Waals surface area contributed by atoms with Crippen molar-refractivity contribution >= 4 is 0 Å². The summed E-state index contributed by atoms with van der Waals surface area (Å²) in [5, 5.41) is 4.21. The number of hydrogen-bond acceptors (Lipinski definition) is 7. The van der Waals surface area contributed by atoms with Crippen LogP contribution in [0.25, 0.3) is 11.4 Å². The van der Waals surface area contributed by atoms with Crippen molar-refractivity contribution in [3.63, 3.8) is 0 Å². The minimum Gasteiger partial charge on any atom is -0.497 e. The number of rotatable bonds is 7. The smallest absolute Gasteiger partial charge is 0.233 e. The number of ether oxygens (including phenoxy) is 2. The van der Waals surface area contributed by atoms with Gasteiger partial charge in [0, 0.05) is 12.1 Å². The molecule has 2 unspecified atom stereocenters. The SMILES string of the molecule is COc1cccc(C2NNCC2c2nc(-c3ccc(OCc4ccccc4)cc3)no2)c1. The van der Waals surface area contributed by atoms with Crippen molar-refractivity contribution in [1.82, 2.24) is 21.0 Å². The minimum absolute atomic E-state index is 0.00663. The molecular weight excluding hydrogens is 404 g/mol. The molecule has 2 heterocycles. The van der Waals surface area contributed by atoms with Crippen LogP contribution >= 0.6 is 0 Å². The summed E-state index contributed by atoms with van der Waals surface area (Å²) >= 11 is 0. The molecule has 2 atom stereocenters. The van der Waals surface area contributed by atoms with Gasteiger partial charge < -0.3 is 14.0 Å². The highest BCUT2D eigenvalue weighted by Crippen LogP contribution is 2.34. The van der Waals surface area contributed by atoms with Crippen LogP contribution < -0.4 is 20.3 Å². The highest BCUT2D eigenvalue weighted by Gasteiger charge is 2.34. The monoisotopic (exact) mass is 428 g/mol. The number of nitrogens with one attached hydrogen (secondary N) is 2. The number of hydrazine groups is 1. The Bertz CT molecular complexity index is 1160. The van der Waals surface area contributed by atoms with E-state index >= 15 is 0 Å². The molecule has 1 aromatic heterocycles. The maximum absolute atomic E-state index is 5.86. The number of benzene rings is 3. The van der Waals surface area contributed by atoms with Crippen molar-refractivity contribution in [2.24, 2.45) is 0 Å². The maximum atomic E-state index is 5.86. The predicted molar refractivity (Wildman–Crippen MR) is 120 cm³/mol. The lowest BCUT2D eigenvalue weighted by Gasteiger charge is -2.16. The van der Waals surface area contributed by atoms with Gasteiger partial charge in [-0.1, -0.05) is 47.6 Å². The third kappa shape index (κ3) is 4.34. The van der Waals surface area contributed by atoms with Gasteiger partial charge in [0.15, 0.2) is 0 Å². The average molecular weight is 428 g/mol. The first-order valence-electron chi connectivity index (χ1n) is 10.5. The summed E-state index contributed by atoms with van der Waals surface area (Å²) in [6.07, 6.45) is 0. The van der Waals surface area contributed by atoms with Crippen LogP contribution in [0.1, 0.15) is 29.0 Å². The van der Waals surface area contributed by atoms with Gasteiger partial charge in [0.2, 0.25) is 11.7 Å². The van der Waals surface area contributed by atoms with Crippen molar-refractivity contribution in [2.75, 3.05) is 13.7 Å². The van der Waals surface area contributed by atoms with Crippen molar-refractivity contribution < 1.29 is 14.0 Å². The lowest BCUT2D eigenvalue weighted by Crippen LogP contribution is -2.24. The third-order valence-corrected chi connectivity index (χ3v) is 5.55. The van der Waals surface area contributed by atoms with Gasteiger partial charge in [-0.2, -0.15) is 4.98 Å². The van der Waals surface area contributed by atoms with Crippen molar-refractivity contribution in [2.45, 2.75) is 18.6 Å². The number of hydrogen-bond donors (Lipinski definition) is 2. The molecule has 3 aromatic carbocycles. The maximum Gasteiger partial charge on any atom is 0.233 e.